The molecule has 0 aliphatic rings. The summed E-state index contributed by atoms with van der Waals surface area (Å²) in [5.41, 5.74) is 6.00. The van der Waals surface area contributed by atoms with Gasteiger partial charge in [-0.2, -0.15) is 0 Å². The largest absolute Gasteiger partial charge is 0.276 e. The van der Waals surface area contributed by atoms with Crippen molar-refractivity contribution in [1.82, 2.24) is 5.48 Å². The quantitative estimate of drug-likeness (QED) is 0.344. The predicted molar refractivity (Wildman–Crippen MR) is 58.8 cm³/mol. The van der Waals surface area contributed by atoms with Crippen LogP contribution in [0.5, 0.6) is 0 Å². The summed E-state index contributed by atoms with van der Waals surface area (Å²) in [4.78, 5) is 9.12. The molecule has 1 aromatic rings. The Labute approximate surface area is 84.8 Å². The summed E-state index contributed by atoms with van der Waals surface area (Å²) in [6.07, 6.45) is 1.55. The van der Waals surface area contributed by atoms with E-state index in [1.165, 1.54) is 11.1 Å². The third-order valence-corrected chi connectivity index (χ3v) is 1.70. The highest BCUT2D eigenvalue weighted by atomic mass is 16.6. The smallest absolute Gasteiger partial charge is 0.113 e. The summed E-state index contributed by atoms with van der Waals surface area (Å²) < 4.78 is 0. The van der Waals surface area contributed by atoms with Crippen molar-refractivity contribution >= 4 is 12.0 Å². The fourth-order valence-corrected chi connectivity index (χ4v) is 1.25. The Morgan fingerprint density at radius 3 is 2.50 bits per heavy atom. The zero-order valence-electron chi connectivity index (χ0n) is 8.87. The second-order valence-corrected chi connectivity index (χ2v) is 3.15. The molecule has 0 saturated heterocycles. The van der Waals surface area contributed by atoms with Gasteiger partial charge in [-0.25, -0.2) is 4.99 Å². The lowest BCUT2D eigenvalue weighted by molar-refractivity contribution is 0.100. The average molecular weight is 192 g/mol. The maximum absolute atomic E-state index is 4.92. The summed E-state index contributed by atoms with van der Waals surface area (Å²) in [6.45, 7) is 6.65. The molecule has 1 N–H and O–H groups in total. The Balaban J connectivity index is 2.62. The first kappa shape index (κ1) is 10.7. The van der Waals surface area contributed by atoms with Crippen LogP contribution in [0.15, 0.2) is 23.2 Å². The van der Waals surface area contributed by atoms with E-state index >= 15 is 0 Å². The molecule has 0 atom stereocenters. The third kappa shape index (κ3) is 3.58. The van der Waals surface area contributed by atoms with Crippen molar-refractivity contribution in [2.24, 2.45) is 4.99 Å². The molecule has 0 bridgehead atoms. The lowest BCUT2D eigenvalue weighted by Crippen LogP contribution is -2.10. The molecule has 14 heavy (non-hydrogen) atoms. The molecule has 1 aromatic carbocycles. The molecule has 0 radical (unpaired) electrons. The molecule has 76 valence electrons. The fraction of sp³-hybridized carbons (Fsp3) is 0.364. The van der Waals surface area contributed by atoms with Crippen LogP contribution in [0.25, 0.3) is 0 Å². The molecular formula is C11H16N2O. The number of hydroxylamine groups is 1. The van der Waals surface area contributed by atoms with Gasteiger partial charge in [-0.1, -0.05) is 6.07 Å². The highest BCUT2D eigenvalue weighted by Gasteiger charge is 1.91. The topological polar surface area (TPSA) is 33.6 Å². The van der Waals surface area contributed by atoms with Gasteiger partial charge in [0.15, 0.2) is 0 Å². The van der Waals surface area contributed by atoms with Crippen molar-refractivity contribution in [3.8, 4) is 0 Å². The maximum Gasteiger partial charge on any atom is 0.113 e. The Bertz CT molecular complexity index is 301. The summed E-state index contributed by atoms with van der Waals surface area (Å²) >= 11 is 0. The van der Waals surface area contributed by atoms with Crippen LogP contribution in [0.3, 0.4) is 0 Å². The number of nitrogens with one attached hydrogen (secondary N) is 1. The van der Waals surface area contributed by atoms with Gasteiger partial charge in [0.1, 0.15) is 6.34 Å². The molecular weight excluding hydrogens is 176 g/mol. The second kappa shape index (κ2) is 5.40. The van der Waals surface area contributed by atoms with E-state index in [1.54, 1.807) is 6.34 Å². The van der Waals surface area contributed by atoms with Crippen molar-refractivity contribution in [2.75, 3.05) is 6.61 Å². The molecule has 3 heteroatoms. The van der Waals surface area contributed by atoms with E-state index in [1.807, 2.05) is 19.1 Å². The number of nitrogens with zero attached hydrogens (tertiary/aromatic N) is 1. The van der Waals surface area contributed by atoms with Crippen LogP contribution in [0.4, 0.5) is 5.69 Å². The van der Waals surface area contributed by atoms with Gasteiger partial charge in [0.05, 0.1) is 12.3 Å². The van der Waals surface area contributed by atoms with Gasteiger partial charge < -0.3 is 0 Å². The molecule has 1 rings (SSSR count). The first-order valence-electron chi connectivity index (χ1n) is 4.70. The monoisotopic (exact) mass is 192 g/mol. The van der Waals surface area contributed by atoms with Crippen LogP contribution in [-0.2, 0) is 4.84 Å². The normalized spacial score (nSPS) is 10.8. The standard InChI is InChI=1S/C11H16N2O/c1-4-14-13-8-12-11-6-9(2)5-10(3)7-11/h5-8H,4H2,1-3H3,(H,12,13). The van der Waals surface area contributed by atoms with E-state index in [2.05, 4.69) is 30.4 Å². The minimum atomic E-state index is 0.624. The van der Waals surface area contributed by atoms with Crippen LogP contribution < -0.4 is 5.48 Å². The molecule has 0 heterocycles. The number of rotatable bonds is 4. The highest BCUT2D eigenvalue weighted by molar-refractivity contribution is 5.60. The van der Waals surface area contributed by atoms with Crippen molar-refractivity contribution in [1.29, 1.82) is 0 Å². The molecule has 0 aromatic heterocycles. The van der Waals surface area contributed by atoms with E-state index in [0.29, 0.717) is 6.61 Å². The molecule has 0 unspecified atom stereocenters. The zero-order chi connectivity index (χ0) is 10.4. The first-order valence-corrected chi connectivity index (χ1v) is 4.70. The number of aryl methyl sites for hydroxylation is 2. The Morgan fingerprint density at radius 2 is 1.93 bits per heavy atom. The van der Waals surface area contributed by atoms with E-state index in [0.717, 1.165) is 5.69 Å². The van der Waals surface area contributed by atoms with Crippen molar-refractivity contribution in [3.63, 3.8) is 0 Å². The van der Waals surface area contributed by atoms with Crippen molar-refractivity contribution < 1.29 is 4.84 Å². The first-order chi connectivity index (χ1) is 6.72. The Morgan fingerprint density at radius 1 is 1.29 bits per heavy atom. The van der Waals surface area contributed by atoms with Crippen molar-refractivity contribution in [3.05, 3.63) is 29.3 Å². The van der Waals surface area contributed by atoms with E-state index < -0.39 is 0 Å². The Kier molecular flexibility index (Phi) is 4.13. The second-order valence-electron chi connectivity index (χ2n) is 3.15. The minimum absolute atomic E-state index is 0.624. The van der Waals surface area contributed by atoms with Crippen molar-refractivity contribution in [2.45, 2.75) is 20.8 Å². The van der Waals surface area contributed by atoms with Crippen LogP contribution in [0.1, 0.15) is 18.1 Å². The Hall–Kier alpha value is -1.35. The molecule has 0 aliphatic heterocycles. The average Bonchev–Trinajstić information content (AvgIpc) is 2.11. The zero-order valence-corrected chi connectivity index (χ0v) is 8.87. The van der Waals surface area contributed by atoms with Gasteiger partial charge in [0.2, 0.25) is 0 Å². The van der Waals surface area contributed by atoms with Gasteiger partial charge in [0.25, 0.3) is 0 Å². The lowest BCUT2D eigenvalue weighted by Gasteiger charge is -2.00. The number of hydrogen-bond donors (Lipinski definition) is 1. The molecule has 0 saturated carbocycles. The third-order valence-electron chi connectivity index (χ3n) is 1.70. The molecule has 0 aliphatic carbocycles. The van der Waals surface area contributed by atoms with Gasteiger partial charge in [-0.05, 0) is 44.0 Å². The summed E-state index contributed by atoms with van der Waals surface area (Å²) in [5.74, 6) is 0. The maximum atomic E-state index is 4.92. The van der Waals surface area contributed by atoms with Crippen LogP contribution >= 0.6 is 0 Å². The number of aliphatic imine (C=N–C) groups is 1. The number of benzene rings is 1. The number of hydrogen-bond acceptors (Lipinski definition) is 2. The van der Waals surface area contributed by atoms with Crippen LogP contribution in [0, 0.1) is 13.8 Å². The highest BCUT2D eigenvalue weighted by Crippen LogP contribution is 2.15. The van der Waals surface area contributed by atoms with Crippen LogP contribution in [-0.4, -0.2) is 12.9 Å². The van der Waals surface area contributed by atoms with Gasteiger partial charge in [-0.15, -0.1) is 0 Å². The van der Waals surface area contributed by atoms with Gasteiger partial charge in [0, 0.05) is 0 Å². The molecule has 0 amide bonds. The SMILES string of the molecule is CCONC=Nc1cc(C)cc(C)c1. The lowest BCUT2D eigenvalue weighted by atomic mass is 10.1. The fourth-order valence-electron chi connectivity index (χ4n) is 1.25. The predicted octanol–water partition coefficient (Wildman–Crippen LogP) is 2.50. The summed E-state index contributed by atoms with van der Waals surface area (Å²) in [7, 11) is 0. The minimum Gasteiger partial charge on any atom is -0.276 e. The summed E-state index contributed by atoms with van der Waals surface area (Å²) in [6, 6.07) is 6.17. The van der Waals surface area contributed by atoms with Gasteiger partial charge in [-0.3, -0.25) is 10.3 Å². The van der Waals surface area contributed by atoms with E-state index in [-0.39, 0.29) is 0 Å². The van der Waals surface area contributed by atoms with Crippen LogP contribution in [0.2, 0.25) is 0 Å². The van der Waals surface area contributed by atoms with E-state index in [9.17, 15) is 0 Å². The van der Waals surface area contributed by atoms with E-state index in [4.69, 9.17) is 4.84 Å². The molecule has 3 nitrogen and oxygen atoms in total. The van der Waals surface area contributed by atoms with Gasteiger partial charge >= 0.3 is 0 Å². The molecule has 0 spiro atoms. The summed E-state index contributed by atoms with van der Waals surface area (Å²) in [5, 5.41) is 0. The molecule has 0 fully saturated rings.